The number of carbonyl (C=O) groups excluding carboxylic acids is 1. The van der Waals surface area contributed by atoms with Crippen LogP contribution in [0.25, 0.3) is 0 Å². The van der Waals surface area contributed by atoms with Crippen molar-refractivity contribution in [2.24, 2.45) is 0 Å². The van der Waals surface area contributed by atoms with E-state index in [0.29, 0.717) is 23.6 Å². The average Bonchev–Trinajstić information content (AvgIpc) is 2.54. The normalized spacial score (nSPS) is 11.1. The molecule has 0 N–H and O–H groups in total. The third-order valence-corrected chi connectivity index (χ3v) is 4.49. The van der Waals surface area contributed by atoms with E-state index < -0.39 is 9.84 Å². The smallest absolute Gasteiger partial charge is 0.258 e. The molecular weight excluding hydrogens is 314 g/mol. The molecule has 0 unspecified atom stereocenters. The molecule has 122 valence electrons. The number of para-hydroxylation sites is 2. The van der Waals surface area contributed by atoms with Gasteiger partial charge >= 0.3 is 0 Å². The fourth-order valence-electron chi connectivity index (χ4n) is 2.16. The molecule has 2 rings (SSSR count). The zero-order chi connectivity index (χ0) is 17.0. The van der Waals surface area contributed by atoms with Gasteiger partial charge in [0.15, 0.2) is 9.84 Å². The van der Waals surface area contributed by atoms with Gasteiger partial charge in [-0.2, -0.15) is 0 Å². The van der Waals surface area contributed by atoms with Crippen molar-refractivity contribution >= 4 is 21.4 Å². The van der Waals surface area contributed by atoms with Crippen LogP contribution in [0.5, 0.6) is 5.75 Å². The highest BCUT2D eigenvalue weighted by Gasteiger charge is 2.17. The first kappa shape index (κ1) is 17.0. The molecule has 5 nitrogen and oxygen atoms in total. The number of benzene rings is 2. The van der Waals surface area contributed by atoms with Crippen molar-refractivity contribution in [2.75, 3.05) is 24.8 Å². The Morgan fingerprint density at radius 3 is 2.26 bits per heavy atom. The van der Waals surface area contributed by atoms with E-state index in [0.717, 1.165) is 6.26 Å². The Kier molecular flexibility index (Phi) is 5.05. The molecule has 0 radical (unpaired) electrons. The Hall–Kier alpha value is -2.34. The molecule has 6 heteroatoms. The molecule has 0 aliphatic carbocycles. The molecule has 0 spiro atoms. The van der Waals surface area contributed by atoms with Gasteiger partial charge in [-0.25, -0.2) is 8.42 Å². The summed E-state index contributed by atoms with van der Waals surface area (Å²) in [4.78, 5) is 14.3. The van der Waals surface area contributed by atoms with E-state index in [1.807, 2.05) is 19.1 Å². The fourth-order valence-corrected chi connectivity index (χ4v) is 2.79. The van der Waals surface area contributed by atoms with E-state index in [2.05, 4.69) is 0 Å². The van der Waals surface area contributed by atoms with Gasteiger partial charge in [0.1, 0.15) is 5.75 Å². The van der Waals surface area contributed by atoms with Crippen molar-refractivity contribution in [3.05, 3.63) is 54.1 Å². The van der Waals surface area contributed by atoms with Crippen molar-refractivity contribution < 1.29 is 17.9 Å². The van der Waals surface area contributed by atoms with Crippen molar-refractivity contribution in [1.29, 1.82) is 0 Å². The second kappa shape index (κ2) is 6.83. The first-order valence-electron chi connectivity index (χ1n) is 7.14. The Morgan fingerprint density at radius 1 is 1.09 bits per heavy atom. The molecule has 0 aliphatic heterocycles. The minimum absolute atomic E-state index is 0.186. The van der Waals surface area contributed by atoms with Gasteiger partial charge in [0.25, 0.3) is 5.91 Å². The lowest BCUT2D eigenvalue weighted by molar-refractivity contribution is 0.0992. The summed E-state index contributed by atoms with van der Waals surface area (Å²) in [7, 11) is -1.62. The van der Waals surface area contributed by atoms with Crippen LogP contribution in [-0.2, 0) is 9.84 Å². The van der Waals surface area contributed by atoms with E-state index in [1.54, 1.807) is 19.2 Å². The molecule has 2 aromatic carbocycles. The molecule has 0 heterocycles. The maximum absolute atomic E-state index is 12.6. The molecule has 23 heavy (non-hydrogen) atoms. The van der Waals surface area contributed by atoms with Crippen LogP contribution in [0.1, 0.15) is 17.3 Å². The van der Waals surface area contributed by atoms with Crippen molar-refractivity contribution in [3.63, 3.8) is 0 Å². The van der Waals surface area contributed by atoms with Crippen molar-refractivity contribution in [1.82, 2.24) is 0 Å². The molecule has 0 atom stereocenters. The highest BCUT2D eigenvalue weighted by Crippen LogP contribution is 2.28. The number of rotatable bonds is 5. The first-order valence-corrected chi connectivity index (χ1v) is 9.03. The van der Waals surface area contributed by atoms with Gasteiger partial charge in [0.05, 0.1) is 17.2 Å². The van der Waals surface area contributed by atoms with Gasteiger partial charge in [-0.05, 0) is 43.3 Å². The minimum Gasteiger partial charge on any atom is -0.492 e. The number of hydrogen-bond acceptors (Lipinski definition) is 4. The molecule has 0 bridgehead atoms. The summed E-state index contributed by atoms with van der Waals surface area (Å²) in [6.07, 6.45) is 1.13. The SMILES string of the molecule is CCOc1ccccc1N(C)C(=O)c1ccc(S(C)(=O)=O)cc1. The lowest BCUT2D eigenvalue weighted by Crippen LogP contribution is -2.26. The first-order chi connectivity index (χ1) is 10.8. The van der Waals surface area contributed by atoms with Gasteiger partial charge in [-0.1, -0.05) is 12.1 Å². The van der Waals surface area contributed by atoms with E-state index >= 15 is 0 Å². The van der Waals surface area contributed by atoms with Crippen LogP contribution >= 0.6 is 0 Å². The molecule has 0 aliphatic rings. The van der Waals surface area contributed by atoms with Crippen LogP contribution in [0.15, 0.2) is 53.4 Å². The Bertz CT molecular complexity index is 798. The van der Waals surface area contributed by atoms with Crippen LogP contribution in [-0.4, -0.2) is 34.2 Å². The second-order valence-corrected chi connectivity index (χ2v) is 7.08. The van der Waals surface area contributed by atoms with E-state index in [9.17, 15) is 13.2 Å². The minimum atomic E-state index is -3.28. The highest BCUT2D eigenvalue weighted by molar-refractivity contribution is 7.90. The number of hydrogen-bond donors (Lipinski definition) is 0. The predicted octanol–water partition coefficient (Wildman–Crippen LogP) is 2.77. The Balaban J connectivity index is 2.30. The van der Waals surface area contributed by atoms with Crippen LogP contribution in [0, 0.1) is 0 Å². The summed E-state index contributed by atoms with van der Waals surface area (Å²) < 4.78 is 28.5. The summed E-state index contributed by atoms with van der Waals surface area (Å²) >= 11 is 0. The van der Waals surface area contributed by atoms with Crippen LogP contribution in [0.3, 0.4) is 0 Å². The third kappa shape index (κ3) is 3.90. The standard InChI is InChI=1S/C17H19NO4S/c1-4-22-16-8-6-5-7-15(16)18(2)17(19)13-9-11-14(12-10-13)23(3,20)21/h5-12H,4H2,1-3H3. The molecule has 0 fully saturated rings. The number of ether oxygens (including phenoxy) is 1. The van der Waals surface area contributed by atoms with Gasteiger partial charge in [-0.3, -0.25) is 4.79 Å². The van der Waals surface area contributed by atoms with Crippen molar-refractivity contribution in [3.8, 4) is 5.75 Å². The van der Waals surface area contributed by atoms with Crippen molar-refractivity contribution in [2.45, 2.75) is 11.8 Å². The average molecular weight is 333 g/mol. The summed E-state index contributed by atoms with van der Waals surface area (Å²) in [6.45, 7) is 2.38. The van der Waals surface area contributed by atoms with Crippen LogP contribution in [0.4, 0.5) is 5.69 Å². The summed E-state index contributed by atoms with van der Waals surface area (Å²) in [5, 5.41) is 0. The lowest BCUT2D eigenvalue weighted by atomic mass is 10.2. The zero-order valence-electron chi connectivity index (χ0n) is 13.3. The van der Waals surface area contributed by atoms with Gasteiger partial charge in [0, 0.05) is 18.9 Å². The molecule has 0 saturated heterocycles. The maximum Gasteiger partial charge on any atom is 0.258 e. The quantitative estimate of drug-likeness (QED) is 0.844. The largest absolute Gasteiger partial charge is 0.492 e. The van der Waals surface area contributed by atoms with Crippen LogP contribution in [0.2, 0.25) is 0 Å². The van der Waals surface area contributed by atoms with E-state index in [1.165, 1.54) is 29.2 Å². The Labute approximate surface area is 136 Å². The van der Waals surface area contributed by atoms with Crippen LogP contribution < -0.4 is 9.64 Å². The second-order valence-electron chi connectivity index (χ2n) is 5.06. The molecule has 1 amide bonds. The van der Waals surface area contributed by atoms with E-state index in [-0.39, 0.29) is 10.8 Å². The monoisotopic (exact) mass is 333 g/mol. The molecule has 0 aromatic heterocycles. The summed E-state index contributed by atoms with van der Waals surface area (Å²) in [5.41, 5.74) is 1.07. The van der Waals surface area contributed by atoms with E-state index in [4.69, 9.17) is 4.74 Å². The lowest BCUT2D eigenvalue weighted by Gasteiger charge is -2.20. The summed E-state index contributed by atoms with van der Waals surface area (Å²) in [5.74, 6) is 0.385. The van der Waals surface area contributed by atoms with Gasteiger partial charge in [0.2, 0.25) is 0 Å². The zero-order valence-corrected chi connectivity index (χ0v) is 14.1. The predicted molar refractivity (Wildman–Crippen MR) is 89.9 cm³/mol. The number of carbonyl (C=O) groups is 1. The van der Waals surface area contributed by atoms with Gasteiger partial charge in [-0.15, -0.1) is 0 Å². The number of nitrogens with zero attached hydrogens (tertiary/aromatic N) is 1. The number of amides is 1. The molecule has 0 saturated carbocycles. The summed E-state index contributed by atoms with van der Waals surface area (Å²) in [6, 6.07) is 13.2. The van der Waals surface area contributed by atoms with Gasteiger partial charge < -0.3 is 9.64 Å². The number of anilines is 1. The molecule has 2 aromatic rings. The number of sulfone groups is 1. The highest BCUT2D eigenvalue weighted by atomic mass is 32.2. The fraction of sp³-hybridized carbons (Fsp3) is 0.235. The maximum atomic E-state index is 12.6. The molecular formula is C17H19NO4S. The Morgan fingerprint density at radius 2 is 1.70 bits per heavy atom. The third-order valence-electron chi connectivity index (χ3n) is 3.36. The topological polar surface area (TPSA) is 63.7 Å².